The first-order chi connectivity index (χ1) is 12.7. The van der Waals surface area contributed by atoms with Crippen molar-refractivity contribution >= 4 is 22.5 Å². The molecule has 4 nitrogen and oxygen atoms in total. The Labute approximate surface area is 157 Å². The molecule has 132 valence electrons. The van der Waals surface area contributed by atoms with Crippen molar-refractivity contribution in [2.75, 3.05) is 0 Å². The van der Waals surface area contributed by atoms with Gasteiger partial charge in [-0.1, -0.05) is 55.3 Å². The molecule has 0 radical (unpaired) electrons. The highest BCUT2D eigenvalue weighted by molar-refractivity contribution is 6.30. The number of fused-ring (bicyclic) bond motifs is 1. The minimum atomic E-state index is 0.564. The van der Waals surface area contributed by atoms with Crippen LogP contribution in [-0.4, -0.2) is 14.8 Å². The van der Waals surface area contributed by atoms with E-state index in [1.54, 1.807) is 0 Å². The lowest BCUT2D eigenvalue weighted by Crippen LogP contribution is -2.01. The Morgan fingerprint density at radius 1 is 1.04 bits per heavy atom. The number of hydrogen-bond acceptors (Lipinski definition) is 3. The molecule has 4 aromatic rings. The summed E-state index contributed by atoms with van der Waals surface area (Å²) in [5.41, 5.74) is 3.20. The van der Waals surface area contributed by atoms with Crippen molar-refractivity contribution < 1.29 is 4.42 Å². The Bertz CT molecular complexity index is 1030. The van der Waals surface area contributed by atoms with E-state index in [0.29, 0.717) is 18.3 Å². The molecule has 2 heterocycles. The molecule has 0 aliphatic rings. The van der Waals surface area contributed by atoms with E-state index in [-0.39, 0.29) is 0 Å². The molecule has 2 aromatic carbocycles. The van der Waals surface area contributed by atoms with Gasteiger partial charge in [0, 0.05) is 28.9 Å². The highest BCUT2D eigenvalue weighted by atomic mass is 35.5. The first-order valence-corrected chi connectivity index (χ1v) is 9.28. The summed E-state index contributed by atoms with van der Waals surface area (Å²) in [7, 11) is 0. The topological polar surface area (TPSA) is 43.9 Å². The molecular weight excluding hydrogens is 346 g/mol. The normalized spacial score (nSPS) is 11.3. The molecule has 0 aliphatic carbocycles. The first kappa shape index (κ1) is 16.9. The molecule has 26 heavy (non-hydrogen) atoms. The van der Waals surface area contributed by atoms with Crippen LogP contribution in [-0.2, 0) is 13.0 Å². The molecule has 0 saturated heterocycles. The number of aromatic nitrogens is 3. The van der Waals surface area contributed by atoms with Gasteiger partial charge in [0.1, 0.15) is 5.69 Å². The number of hydrogen-bond donors (Lipinski definition) is 0. The average molecular weight is 366 g/mol. The first-order valence-electron chi connectivity index (χ1n) is 8.90. The molecule has 0 unspecified atom stereocenters. The predicted octanol–water partition coefficient (Wildman–Crippen LogP) is 5.74. The fourth-order valence-electron chi connectivity index (χ4n) is 3.16. The van der Waals surface area contributed by atoms with Crippen LogP contribution in [0.25, 0.3) is 22.5 Å². The van der Waals surface area contributed by atoms with Crippen molar-refractivity contribution in [3.63, 3.8) is 0 Å². The van der Waals surface area contributed by atoms with E-state index in [0.717, 1.165) is 46.4 Å². The van der Waals surface area contributed by atoms with Gasteiger partial charge < -0.3 is 8.98 Å². The van der Waals surface area contributed by atoms with Crippen LogP contribution in [0, 0.1) is 0 Å². The summed E-state index contributed by atoms with van der Waals surface area (Å²) in [4.78, 5) is 0. The fraction of sp³-hybridized carbons (Fsp3) is 0.238. The van der Waals surface area contributed by atoms with Crippen LogP contribution in [0.4, 0.5) is 0 Å². The largest absolute Gasteiger partial charge is 0.419 e. The second-order valence-electron chi connectivity index (χ2n) is 6.41. The van der Waals surface area contributed by atoms with Gasteiger partial charge in [-0.25, -0.2) is 0 Å². The van der Waals surface area contributed by atoms with E-state index in [1.165, 1.54) is 0 Å². The van der Waals surface area contributed by atoms with Gasteiger partial charge in [-0.3, -0.25) is 0 Å². The zero-order valence-corrected chi connectivity index (χ0v) is 15.4. The van der Waals surface area contributed by atoms with Gasteiger partial charge in [0.15, 0.2) is 0 Å². The quantitative estimate of drug-likeness (QED) is 0.438. The lowest BCUT2D eigenvalue weighted by molar-refractivity contribution is 0.492. The summed E-state index contributed by atoms with van der Waals surface area (Å²) >= 11 is 6.16. The Morgan fingerprint density at radius 3 is 2.77 bits per heavy atom. The number of para-hydroxylation sites is 1. The molecule has 0 bridgehead atoms. The summed E-state index contributed by atoms with van der Waals surface area (Å²) in [6.45, 7) is 2.84. The third-order valence-corrected chi connectivity index (χ3v) is 4.71. The van der Waals surface area contributed by atoms with E-state index >= 15 is 0 Å². The average Bonchev–Trinajstić information content (AvgIpc) is 3.25. The monoisotopic (exact) mass is 365 g/mol. The Morgan fingerprint density at radius 2 is 1.92 bits per heavy atom. The fourth-order valence-corrected chi connectivity index (χ4v) is 3.37. The molecule has 0 fully saturated rings. The van der Waals surface area contributed by atoms with Gasteiger partial charge in [0.2, 0.25) is 5.89 Å². The number of halogens is 1. The minimum Gasteiger partial charge on any atom is -0.419 e. The number of aryl methyl sites for hydroxylation is 1. The number of unbranched alkanes of at least 4 members (excludes halogenated alkanes) is 1. The van der Waals surface area contributed by atoms with Gasteiger partial charge in [-0.05, 0) is 36.2 Å². The van der Waals surface area contributed by atoms with Crippen LogP contribution < -0.4 is 0 Å². The van der Waals surface area contributed by atoms with Gasteiger partial charge in [-0.2, -0.15) is 0 Å². The van der Waals surface area contributed by atoms with Crippen LogP contribution >= 0.6 is 11.6 Å². The van der Waals surface area contributed by atoms with Crippen molar-refractivity contribution in [2.24, 2.45) is 0 Å². The van der Waals surface area contributed by atoms with Gasteiger partial charge >= 0.3 is 0 Å². The lowest BCUT2D eigenvalue weighted by Gasteiger charge is -2.09. The van der Waals surface area contributed by atoms with Crippen LogP contribution in [0.1, 0.15) is 31.2 Å². The summed E-state index contributed by atoms with van der Waals surface area (Å²) in [6.07, 6.45) is 2.97. The van der Waals surface area contributed by atoms with Gasteiger partial charge in [0.05, 0.1) is 0 Å². The zero-order valence-electron chi connectivity index (χ0n) is 14.7. The number of benzene rings is 2. The van der Waals surface area contributed by atoms with Crippen molar-refractivity contribution in [2.45, 2.75) is 32.7 Å². The molecular formula is C21H20ClN3O. The van der Waals surface area contributed by atoms with Gasteiger partial charge in [-0.15, -0.1) is 10.2 Å². The van der Waals surface area contributed by atoms with E-state index in [2.05, 4.69) is 46.0 Å². The second kappa shape index (κ2) is 7.34. The Kier molecular flexibility index (Phi) is 4.76. The molecule has 2 aromatic heterocycles. The van der Waals surface area contributed by atoms with Crippen LogP contribution in [0.3, 0.4) is 0 Å². The molecule has 0 aliphatic heterocycles. The molecule has 0 spiro atoms. The van der Waals surface area contributed by atoms with E-state index in [9.17, 15) is 0 Å². The van der Waals surface area contributed by atoms with Crippen LogP contribution in [0.15, 0.2) is 59.0 Å². The lowest BCUT2D eigenvalue weighted by atomic mass is 10.2. The summed E-state index contributed by atoms with van der Waals surface area (Å²) in [6, 6.07) is 18.3. The highest BCUT2D eigenvalue weighted by Gasteiger charge is 2.16. The number of rotatable bonds is 6. The highest BCUT2D eigenvalue weighted by Crippen LogP contribution is 2.29. The third-order valence-electron chi connectivity index (χ3n) is 4.47. The van der Waals surface area contributed by atoms with Crippen molar-refractivity contribution in [3.8, 4) is 11.6 Å². The predicted molar refractivity (Wildman–Crippen MR) is 104 cm³/mol. The molecule has 4 rings (SSSR count). The van der Waals surface area contributed by atoms with Crippen molar-refractivity contribution in [3.05, 3.63) is 71.1 Å². The SMILES string of the molecule is CCCCc1nnc(-c2cc3ccccc3n2Cc2cccc(Cl)c2)o1. The molecule has 0 atom stereocenters. The Hall–Kier alpha value is -2.59. The molecule has 5 heteroatoms. The van der Waals surface area contributed by atoms with Crippen molar-refractivity contribution in [1.82, 2.24) is 14.8 Å². The standard InChI is InChI=1S/C21H20ClN3O/c1-2-3-11-20-23-24-21(26-20)19-13-16-8-4-5-10-18(16)25(19)14-15-7-6-9-17(22)12-15/h4-10,12-13H,2-3,11,14H2,1H3. The molecule has 0 amide bonds. The Balaban J connectivity index is 1.77. The van der Waals surface area contributed by atoms with Crippen molar-refractivity contribution in [1.29, 1.82) is 0 Å². The third kappa shape index (κ3) is 3.37. The maximum atomic E-state index is 6.16. The zero-order chi connectivity index (χ0) is 17.9. The minimum absolute atomic E-state index is 0.564. The number of nitrogens with zero attached hydrogens (tertiary/aromatic N) is 3. The maximum absolute atomic E-state index is 6.16. The summed E-state index contributed by atoms with van der Waals surface area (Å²) in [5.74, 6) is 1.26. The summed E-state index contributed by atoms with van der Waals surface area (Å²) < 4.78 is 8.14. The summed E-state index contributed by atoms with van der Waals surface area (Å²) in [5, 5.41) is 10.4. The van der Waals surface area contributed by atoms with Crippen LogP contribution in [0.5, 0.6) is 0 Å². The van der Waals surface area contributed by atoms with E-state index < -0.39 is 0 Å². The smallest absolute Gasteiger partial charge is 0.264 e. The second-order valence-corrected chi connectivity index (χ2v) is 6.85. The van der Waals surface area contributed by atoms with Gasteiger partial charge in [0.25, 0.3) is 5.89 Å². The maximum Gasteiger partial charge on any atom is 0.264 e. The van der Waals surface area contributed by atoms with E-state index in [1.807, 2.05) is 30.3 Å². The van der Waals surface area contributed by atoms with Crippen LogP contribution in [0.2, 0.25) is 5.02 Å². The molecule has 0 N–H and O–H groups in total. The van der Waals surface area contributed by atoms with E-state index in [4.69, 9.17) is 16.0 Å². The molecule has 0 saturated carbocycles.